The average Bonchev–Trinajstić information content (AvgIpc) is 1.94. The lowest BCUT2D eigenvalue weighted by molar-refractivity contribution is 0.583. The second kappa shape index (κ2) is 3.05. The van der Waals surface area contributed by atoms with Crippen molar-refractivity contribution in [1.29, 1.82) is 0 Å². The maximum atomic E-state index is 7.37. The molecule has 0 aromatic carbocycles. The van der Waals surface area contributed by atoms with Gasteiger partial charge in [0.25, 0.3) is 0 Å². The van der Waals surface area contributed by atoms with Gasteiger partial charge in [0.15, 0.2) is 0 Å². The van der Waals surface area contributed by atoms with Gasteiger partial charge < -0.3 is 5.32 Å². The monoisotopic (exact) mass is 113 g/mol. The lowest BCUT2D eigenvalue weighted by atomic mass is 10.1. The number of hydrogen-bond donors (Lipinski definition) is 1. The maximum Gasteiger partial charge on any atom is 0.0225 e. The molecule has 0 bridgehead atoms. The lowest BCUT2D eigenvalue weighted by Gasteiger charge is -2.01. The summed E-state index contributed by atoms with van der Waals surface area (Å²) < 4.78 is 0. The topological polar surface area (TPSA) is 35.8 Å². The first-order chi connectivity index (χ1) is 3.89. The van der Waals surface area contributed by atoms with Crippen LogP contribution >= 0.6 is 0 Å². The number of hydrogen-bond acceptors (Lipinski definition) is 1. The van der Waals surface area contributed by atoms with E-state index in [0.29, 0.717) is 0 Å². The van der Waals surface area contributed by atoms with E-state index in [4.69, 9.17) is 5.73 Å². The molecule has 1 rings (SSSR count). The molecule has 2 nitrogen and oxygen atoms in total. The third-order valence-electron chi connectivity index (χ3n) is 1.58. The molecular weight excluding hydrogens is 100 g/mol. The van der Waals surface area contributed by atoms with E-state index < -0.39 is 0 Å². The highest BCUT2D eigenvalue weighted by Gasteiger charge is 2.05. The molecule has 0 aromatic rings. The molecule has 2 heteroatoms. The van der Waals surface area contributed by atoms with Crippen LogP contribution in [0.5, 0.6) is 0 Å². The van der Waals surface area contributed by atoms with Crippen LogP contribution in [0.1, 0.15) is 19.3 Å². The van der Waals surface area contributed by atoms with Crippen LogP contribution in [0.3, 0.4) is 0 Å². The van der Waals surface area contributed by atoms with E-state index in [1.54, 1.807) is 0 Å². The van der Waals surface area contributed by atoms with Crippen LogP contribution in [0, 0.1) is 0 Å². The van der Waals surface area contributed by atoms with Gasteiger partial charge in [0.1, 0.15) is 0 Å². The first-order valence-corrected chi connectivity index (χ1v) is 3.31. The molecule has 1 unspecified atom stereocenters. The molecule has 8 heavy (non-hydrogen) atoms. The second-order valence-corrected chi connectivity index (χ2v) is 2.38. The van der Waals surface area contributed by atoms with E-state index in [-0.39, 0.29) is 6.04 Å². The van der Waals surface area contributed by atoms with Crippen molar-refractivity contribution in [2.24, 2.45) is 0 Å². The summed E-state index contributed by atoms with van der Waals surface area (Å²) >= 11 is 0. The van der Waals surface area contributed by atoms with Crippen molar-refractivity contribution in [3.8, 4) is 0 Å². The molecule has 47 valence electrons. The minimum Gasteiger partial charge on any atom is -0.317 e. The summed E-state index contributed by atoms with van der Waals surface area (Å²) in [6, 6.07) is 0.213. The highest BCUT2D eigenvalue weighted by molar-refractivity contribution is 4.66. The molecule has 1 fully saturated rings. The minimum absolute atomic E-state index is 0.213. The first kappa shape index (κ1) is 6.05. The van der Waals surface area contributed by atoms with Crippen LogP contribution in [0.25, 0.3) is 0 Å². The molecule has 1 aliphatic rings. The van der Waals surface area contributed by atoms with Crippen molar-refractivity contribution in [3.05, 3.63) is 0 Å². The summed E-state index contributed by atoms with van der Waals surface area (Å²) in [5.74, 6) is 0. The predicted octanol–water partition coefficient (Wildman–Crippen LogP) is 0.411. The van der Waals surface area contributed by atoms with Gasteiger partial charge in [-0.05, 0) is 32.4 Å². The Labute approximate surface area is 50.4 Å². The van der Waals surface area contributed by atoms with E-state index in [9.17, 15) is 0 Å². The molecule has 1 saturated heterocycles. The van der Waals surface area contributed by atoms with E-state index in [1.165, 1.54) is 6.42 Å². The molecule has 1 atom stereocenters. The van der Waals surface area contributed by atoms with Gasteiger partial charge in [0.05, 0.1) is 0 Å². The summed E-state index contributed by atoms with van der Waals surface area (Å²) in [6.45, 7) is 2.17. The van der Waals surface area contributed by atoms with Gasteiger partial charge in [-0.1, -0.05) is 0 Å². The van der Waals surface area contributed by atoms with Crippen LogP contribution in [0.4, 0.5) is 0 Å². The molecule has 0 saturated carbocycles. The molecular formula is C6H13N2. The zero-order valence-electron chi connectivity index (χ0n) is 5.11. The Kier molecular flexibility index (Phi) is 2.30. The molecule has 0 aliphatic carbocycles. The van der Waals surface area contributed by atoms with Crippen molar-refractivity contribution >= 4 is 0 Å². The Morgan fingerprint density at radius 3 is 3.00 bits per heavy atom. The van der Waals surface area contributed by atoms with Crippen molar-refractivity contribution in [3.63, 3.8) is 0 Å². The summed E-state index contributed by atoms with van der Waals surface area (Å²) in [7, 11) is 0. The quantitative estimate of drug-likeness (QED) is 0.485. The SMILES string of the molecule is [NH]C1CCCNCC1. The third kappa shape index (κ3) is 1.80. The van der Waals surface area contributed by atoms with Crippen LogP contribution in [0.2, 0.25) is 0 Å². The van der Waals surface area contributed by atoms with Crippen molar-refractivity contribution < 1.29 is 0 Å². The van der Waals surface area contributed by atoms with Crippen molar-refractivity contribution in [1.82, 2.24) is 11.1 Å². The Morgan fingerprint density at radius 2 is 2.12 bits per heavy atom. The molecule has 2 N–H and O–H groups in total. The summed E-state index contributed by atoms with van der Waals surface area (Å²) in [6.07, 6.45) is 3.32. The van der Waals surface area contributed by atoms with Crippen LogP contribution in [0.15, 0.2) is 0 Å². The highest BCUT2D eigenvalue weighted by atomic mass is 14.9. The standard InChI is InChI=1S/C6H13N2/c7-6-2-1-4-8-5-3-6/h6-8H,1-5H2. The van der Waals surface area contributed by atoms with Crippen LogP contribution in [-0.2, 0) is 0 Å². The smallest absolute Gasteiger partial charge is 0.0225 e. The van der Waals surface area contributed by atoms with E-state index in [0.717, 1.165) is 25.9 Å². The normalized spacial score (nSPS) is 31.9. The fourth-order valence-corrected chi connectivity index (χ4v) is 1.02. The van der Waals surface area contributed by atoms with Crippen LogP contribution in [-0.4, -0.2) is 19.1 Å². The van der Waals surface area contributed by atoms with Gasteiger partial charge >= 0.3 is 0 Å². The molecule has 0 amide bonds. The molecule has 0 spiro atoms. The van der Waals surface area contributed by atoms with Gasteiger partial charge in [-0.25, -0.2) is 0 Å². The van der Waals surface area contributed by atoms with Gasteiger partial charge in [0, 0.05) is 6.04 Å². The van der Waals surface area contributed by atoms with E-state index in [2.05, 4.69) is 5.32 Å². The first-order valence-electron chi connectivity index (χ1n) is 3.31. The Morgan fingerprint density at radius 1 is 1.25 bits per heavy atom. The second-order valence-electron chi connectivity index (χ2n) is 2.38. The highest BCUT2D eigenvalue weighted by Crippen LogP contribution is 2.01. The predicted molar refractivity (Wildman–Crippen MR) is 33.6 cm³/mol. The fourth-order valence-electron chi connectivity index (χ4n) is 1.02. The van der Waals surface area contributed by atoms with Gasteiger partial charge in [0.2, 0.25) is 0 Å². The lowest BCUT2D eigenvalue weighted by Crippen LogP contribution is -2.15. The van der Waals surface area contributed by atoms with Crippen molar-refractivity contribution in [2.75, 3.05) is 13.1 Å². The Bertz CT molecular complexity index is 55.5. The summed E-state index contributed by atoms with van der Waals surface area (Å²) in [5, 5.41) is 3.26. The largest absolute Gasteiger partial charge is 0.317 e. The molecule has 1 heterocycles. The third-order valence-corrected chi connectivity index (χ3v) is 1.58. The van der Waals surface area contributed by atoms with Gasteiger partial charge in [-0.2, -0.15) is 0 Å². The zero-order valence-corrected chi connectivity index (χ0v) is 5.11. The fraction of sp³-hybridized carbons (Fsp3) is 1.00. The molecule has 1 radical (unpaired) electrons. The van der Waals surface area contributed by atoms with Crippen LogP contribution < -0.4 is 11.1 Å². The number of nitrogens with one attached hydrogen (secondary N) is 2. The Hall–Kier alpha value is -0.0800. The average molecular weight is 113 g/mol. The summed E-state index contributed by atoms with van der Waals surface area (Å²) in [5.41, 5.74) is 7.37. The minimum atomic E-state index is 0.213. The summed E-state index contributed by atoms with van der Waals surface area (Å²) in [4.78, 5) is 0. The Balaban J connectivity index is 2.17. The molecule has 0 aromatic heterocycles. The van der Waals surface area contributed by atoms with Gasteiger partial charge in [-0.3, -0.25) is 5.73 Å². The maximum absolute atomic E-state index is 7.37. The molecule has 1 aliphatic heterocycles. The van der Waals surface area contributed by atoms with Gasteiger partial charge in [-0.15, -0.1) is 0 Å². The van der Waals surface area contributed by atoms with E-state index in [1.807, 2.05) is 0 Å². The van der Waals surface area contributed by atoms with E-state index >= 15 is 0 Å². The zero-order chi connectivity index (χ0) is 5.82. The van der Waals surface area contributed by atoms with Crippen molar-refractivity contribution in [2.45, 2.75) is 25.3 Å². The number of rotatable bonds is 0.